The first kappa shape index (κ1) is 15.5. The van der Waals surface area contributed by atoms with Gasteiger partial charge in [0.15, 0.2) is 17.3 Å². The molecule has 0 spiro atoms. The van der Waals surface area contributed by atoms with Gasteiger partial charge in [-0.2, -0.15) is 0 Å². The van der Waals surface area contributed by atoms with Crippen LogP contribution in [0.4, 0.5) is 0 Å². The Morgan fingerprint density at radius 3 is 2.45 bits per heavy atom. The number of Topliss-reactive ketones (excluding diaryl/α,β-unsaturated/α-hetero) is 1. The second-order valence-corrected chi connectivity index (χ2v) is 6.54. The molecule has 3 nitrogen and oxygen atoms in total. The average molecular weight is 420 g/mol. The van der Waals surface area contributed by atoms with Crippen LogP contribution in [-0.4, -0.2) is 20.0 Å². The van der Waals surface area contributed by atoms with Gasteiger partial charge in [0.1, 0.15) is 0 Å². The van der Waals surface area contributed by atoms with E-state index in [0.29, 0.717) is 22.8 Å². The predicted octanol–water partition coefficient (Wildman–Crippen LogP) is 4.72. The van der Waals surface area contributed by atoms with E-state index in [1.165, 1.54) is 11.3 Å². The van der Waals surface area contributed by atoms with Gasteiger partial charge in [0, 0.05) is 16.3 Å². The highest BCUT2D eigenvalue weighted by Crippen LogP contribution is 2.34. The Kier molecular flexibility index (Phi) is 5.23. The van der Waals surface area contributed by atoms with Crippen LogP contribution in [0.2, 0.25) is 0 Å². The lowest BCUT2D eigenvalue weighted by atomic mass is 10.1. The summed E-state index contributed by atoms with van der Waals surface area (Å²) in [5.74, 6) is 1.35. The second kappa shape index (κ2) is 6.74. The van der Waals surface area contributed by atoms with Crippen LogP contribution in [0.5, 0.6) is 11.5 Å². The Labute approximate surface area is 138 Å². The van der Waals surface area contributed by atoms with Crippen LogP contribution in [0.3, 0.4) is 0 Å². The van der Waals surface area contributed by atoms with Gasteiger partial charge in [-0.25, -0.2) is 0 Å². The van der Waals surface area contributed by atoms with Crippen molar-refractivity contribution in [3.8, 4) is 11.5 Å². The van der Waals surface area contributed by atoms with Gasteiger partial charge in [-0.3, -0.25) is 4.79 Å². The third-order valence-corrected chi connectivity index (χ3v) is 6.32. The minimum Gasteiger partial charge on any atom is -0.493 e. The van der Waals surface area contributed by atoms with Gasteiger partial charge in [-0.15, -0.1) is 11.3 Å². The first-order valence-corrected chi connectivity index (χ1v) is 8.20. The molecule has 6 heteroatoms. The normalized spacial score (nSPS) is 10.4. The summed E-state index contributed by atoms with van der Waals surface area (Å²) in [5.41, 5.74) is 0.893. The van der Waals surface area contributed by atoms with Crippen molar-refractivity contribution in [2.45, 2.75) is 6.42 Å². The summed E-state index contributed by atoms with van der Waals surface area (Å²) in [7, 11) is 3.17. The molecule has 0 saturated carbocycles. The fourth-order valence-corrected chi connectivity index (χ4v) is 3.90. The molecule has 106 valence electrons. The Bertz CT molecular complexity index is 637. The summed E-state index contributed by atoms with van der Waals surface area (Å²) in [6.45, 7) is 0. The first-order chi connectivity index (χ1) is 9.56. The second-order valence-electron chi connectivity index (χ2n) is 4.02. The number of rotatable bonds is 5. The first-order valence-electron chi connectivity index (χ1n) is 5.73. The zero-order valence-electron chi connectivity index (χ0n) is 10.9. The molecule has 0 saturated heterocycles. The van der Waals surface area contributed by atoms with Crippen molar-refractivity contribution in [3.05, 3.63) is 43.0 Å². The molecule has 0 atom stereocenters. The van der Waals surface area contributed by atoms with Crippen LogP contribution in [0, 0.1) is 0 Å². The lowest BCUT2D eigenvalue weighted by molar-refractivity contribution is 0.0996. The summed E-state index contributed by atoms with van der Waals surface area (Å²) in [6, 6.07) is 5.50. The van der Waals surface area contributed by atoms with E-state index in [9.17, 15) is 4.79 Å². The van der Waals surface area contributed by atoms with Crippen LogP contribution in [0.15, 0.2) is 32.5 Å². The highest BCUT2D eigenvalue weighted by atomic mass is 79.9. The minimum absolute atomic E-state index is 0.0693. The molecule has 0 bridgehead atoms. The quantitative estimate of drug-likeness (QED) is 0.658. The monoisotopic (exact) mass is 418 g/mol. The molecule has 20 heavy (non-hydrogen) atoms. The van der Waals surface area contributed by atoms with Crippen molar-refractivity contribution in [1.29, 1.82) is 0 Å². The predicted molar refractivity (Wildman–Crippen MR) is 87.3 cm³/mol. The molecule has 0 aliphatic carbocycles. The van der Waals surface area contributed by atoms with Gasteiger partial charge in [-0.1, -0.05) is 6.07 Å². The van der Waals surface area contributed by atoms with Crippen LogP contribution in [0.25, 0.3) is 0 Å². The van der Waals surface area contributed by atoms with E-state index >= 15 is 0 Å². The van der Waals surface area contributed by atoms with Gasteiger partial charge >= 0.3 is 0 Å². The molecular weight excluding hydrogens is 408 g/mol. The van der Waals surface area contributed by atoms with Crippen molar-refractivity contribution < 1.29 is 14.3 Å². The maximum absolute atomic E-state index is 12.3. The third kappa shape index (κ3) is 3.24. The van der Waals surface area contributed by atoms with E-state index in [1.54, 1.807) is 20.3 Å². The minimum atomic E-state index is 0.0693. The van der Waals surface area contributed by atoms with Crippen molar-refractivity contribution in [3.63, 3.8) is 0 Å². The summed E-state index contributed by atoms with van der Waals surface area (Å²) < 4.78 is 12.1. The third-order valence-electron chi connectivity index (χ3n) is 2.76. The molecule has 0 fully saturated rings. The number of thiophene rings is 1. The molecule has 0 radical (unpaired) electrons. The zero-order chi connectivity index (χ0) is 14.7. The van der Waals surface area contributed by atoms with Crippen LogP contribution in [-0.2, 0) is 6.42 Å². The van der Waals surface area contributed by atoms with Crippen molar-refractivity contribution in [2.24, 2.45) is 0 Å². The van der Waals surface area contributed by atoms with E-state index in [4.69, 9.17) is 9.47 Å². The summed E-state index contributed by atoms with van der Waals surface area (Å²) in [4.78, 5) is 13.0. The Morgan fingerprint density at radius 1 is 1.20 bits per heavy atom. The van der Waals surface area contributed by atoms with Crippen LogP contribution < -0.4 is 9.47 Å². The molecular formula is C14H12Br2O3S. The Balaban J connectivity index is 2.22. The SMILES string of the molecule is COc1ccc(CC(=O)c2scc(Br)c2Br)cc1OC. The smallest absolute Gasteiger partial charge is 0.178 e. The summed E-state index contributed by atoms with van der Waals surface area (Å²) >= 11 is 8.22. The molecule has 0 amide bonds. The largest absolute Gasteiger partial charge is 0.493 e. The van der Waals surface area contributed by atoms with E-state index < -0.39 is 0 Å². The zero-order valence-corrected chi connectivity index (χ0v) is 14.9. The number of benzene rings is 1. The number of carbonyl (C=O) groups is 1. The molecule has 0 aliphatic rings. The van der Waals surface area contributed by atoms with Gasteiger partial charge in [0.2, 0.25) is 0 Å². The van der Waals surface area contributed by atoms with Crippen LogP contribution >= 0.6 is 43.2 Å². The Hall–Kier alpha value is -0.850. The maximum atomic E-state index is 12.3. The highest BCUT2D eigenvalue weighted by Gasteiger charge is 2.16. The molecule has 0 N–H and O–H groups in total. The Morgan fingerprint density at radius 2 is 1.90 bits per heavy atom. The lowest BCUT2D eigenvalue weighted by Gasteiger charge is -2.09. The molecule has 1 heterocycles. The number of hydrogen-bond acceptors (Lipinski definition) is 4. The molecule has 1 aromatic carbocycles. The number of carbonyl (C=O) groups excluding carboxylic acids is 1. The number of hydrogen-bond donors (Lipinski definition) is 0. The van der Waals surface area contributed by atoms with Gasteiger partial charge in [0.05, 0.1) is 23.6 Å². The topological polar surface area (TPSA) is 35.5 Å². The molecule has 2 aromatic rings. The summed E-state index contributed by atoms with van der Waals surface area (Å²) in [5, 5.41) is 1.89. The van der Waals surface area contributed by atoms with Crippen molar-refractivity contribution in [2.75, 3.05) is 14.2 Å². The number of methoxy groups -OCH3 is 2. The van der Waals surface area contributed by atoms with E-state index in [0.717, 1.165) is 14.5 Å². The number of halogens is 2. The molecule has 1 aromatic heterocycles. The average Bonchev–Trinajstić information content (AvgIpc) is 2.79. The van der Waals surface area contributed by atoms with Crippen molar-refractivity contribution >= 4 is 49.0 Å². The van der Waals surface area contributed by atoms with Gasteiger partial charge in [0.25, 0.3) is 0 Å². The van der Waals surface area contributed by atoms with Gasteiger partial charge in [-0.05, 0) is 49.6 Å². The number of ketones is 1. The lowest BCUT2D eigenvalue weighted by Crippen LogP contribution is -2.02. The fourth-order valence-electron chi connectivity index (χ4n) is 1.77. The molecule has 0 aliphatic heterocycles. The van der Waals surface area contributed by atoms with Crippen LogP contribution in [0.1, 0.15) is 15.2 Å². The fraction of sp³-hybridized carbons (Fsp3) is 0.214. The highest BCUT2D eigenvalue weighted by molar-refractivity contribution is 9.13. The standard InChI is InChI=1S/C14H12Br2O3S/c1-18-11-4-3-8(6-12(11)19-2)5-10(17)14-13(16)9(15)7-20-14/h3-4,6-7H,5H2,1-2H3. The molecule has 0 unspecified atom stereocenters. The number of ether oxygens (including phenoxy) is 2. The van der Waals surface area contributed by atoms with E-state index in [1.807, 2.05) is 17.5 Å². The van der Waals surface area contributed by atoms with Crippen molar-refractivity contribution in [1.82, 2.24) is 0 Å². The van der Waals surface area contributed by atoms with E-state index in [-0.39, 0.29) is 5.78 Å². The summed E-state index contributed by atoms with van der Waals surface area (Å²) in [6.07, 6.45) is 0.325. The molecule has 2 rings (SSSR count). The van der Waals surface area contributed by atoms with E-state index in [2.05, 4.69) is 31.9 Å². The maximum Gasteiger partial charge on any atom is 0.178 e. The van der Waals surface area contributed by atoms with Gasteiger partial charge < -0.3 is 9.47 Å².